The summed E-state index contributed by atoms with van der Waals surface area (Å²) in [6, 6.07) is 0. The van der Waals surface area contributed by atoms with Gasteiger partial charge in [0.05, 0.1) is 18.4 Å². The third kappa shape index (κ3) is 5.02. The number of unbranched alkanes of at least 4 members (excludes halogenated alkanes) is 1. The van der Waals surface area contributed by atoms with E-state index in [1.54, 1.807) is 0 Å². The van der Waals surface area contributed by atoms with Crippen LogP contribution in [0.4, 0.5) is 0 Å². The number of oxime groups is 1. The highest BCUT2D eigenvalue weighted by Gasteiger charge is 2.21. The Bertz CT molecular complexity index is 197. The summed E-state index contributed by atoms with van der Waals surface area (Å²) in [4.78, 5) is 0. The van der Waals surface area contributed by atoms with Crippen molar-refractivity contribution >= 4 is 5.71 Å². The van der Waals surface area contributed by atoms with E-state index >= 15 is 0 Å². The summed E-state index contributed by atoms with van der Waals surface area (Å²) in [7, 11) is 0. The van der Waals surface area contributed by atoms with Crippen molar-refractivity contribution in [2.24, 2.45) is 5.16 Å². The van der Waals surface area contributed by atoms with Crippen molar-refractivity contribution in [1.29, 1.82) is 0 Å². The van der Waals surface area contributed by atoms with Gasteiger partial charge in [0.25, 0.3) is 0 Å². The first-order chi connectivity index (χ1) is 6.86. The third-order valence-corrected chi connectivity index (χ3v) is 2.41. The first-order valence-electron chi connectivity index (χ1n) is 5.29. The molecule has 1 aliphatic heterocycles. The summed E-state index contributed by atoms with van der Waals surface area (Å²) < 4.78 is 5.11. The van der Waals surface area contributed by atoms with Gasteiger partial charge in [0.15, 0.2) is 0 Å². The molecule has 0 aromatic heterocycles. The molecule has 80 valence electrons. The van der Waals surface area contributed by atoms with Crippen LogP contribution in [-0.4, -0.2) is 23.6 Å². The SMILES string of the molecule is C=CCCCC(CCCC1CO1)=NO. The number of allylic oxidation sites excluding steroid dienone is 1. The lowest BCUT2D eigenvalue weighted by Crippen LogP contribution is -1.99. The van der Waals surface area contributed by atoms with Crippen LogP contribution in [-0.2, 0) is 4.74 Å². The van der Waals surface area contributed by atoms with Crippen LogP contribution < -0.4 is 0 Å². The zero-order valence-corrected chi connectivity index (χ0v) is 8.61. The number of epoxide rings is 1. The maximum Gasteiger partial charge on any atom is 0.0810 e. The molecule has 0 bridgehead atoms. The molecule has 0 amide bonds. The Morgan fingerprint density at radius 2 is 2.21 bits per heavy atom. The lowest BCUT2D eigenvalue weighted by Gasteiger charge is -2.02. The van der Waals surface area contributed by atoms with Crippen LogP contribution in [0.25, 0.3) is 0 Å². The molecule has 0 radical (unpaired) electrons. The molecule has 1 aliphatic rings. The summed E-state index contributed by atoms with van der Waals surface area (Å²) in [5.41, 5.74) is 0.910. The zero-order valence-electron chi connectivity index (χ0n) is 8.61. The van der Waals surface area contributed by atoms with Crippen LogP contribution in [0, 0.1) is 0 Å². The monoisotopic (exact) mass is 197 g/mol. The third-order valence-electron chi connectivity index (χ3n) is 2.41. The summed E-state index contributed by atoms with van der Waals surface area (Å²) in [6.07, 6.45) is 8.35. The van der Waals surface area contributed by atoms with Gasteiger partial charge in [0.2, 0.25) is 0 Å². The average molecular weight is 197 g/mol. The van der Waals surface area contributed by atoms with Gasteiger partial charge in [-0.25, -0.2) is 0 Å². The van der Waals surface area contributed by atoms with Crippen molar-refractivity contribution in [3.8, 4) is 0 Å². The van der Waals surface area contributed by atoms with E-state index in [1.165, 1.54) is 0 Å². The quantitative estimate of drug-likeness (QED) is 0.162. The fourth-order valence-corrected chi connectivity index (χ4v) is 1.44. The van der Waals surface area contributed by atoms with E-state index in [-0.39, 0.29) is 0 Å². The van der Waals surface area contributed by atoms with E-state index in [4.69, 9.17) is 9.94 Å². The van der Waals surface area contributed by atoms with Gasteiger partial charge in [-0.1, -0.05) is 11.2 Å². The highest BCUT2D eigenvalue weighted by atomic mass is 16.6. The number of ether oxygens (including phenoxy) is 1. The van der Waals surface area contributed by atoms with Crippen molar-refractivity contribution < 1.29 is 9.94 Å². The minimum atomic E-state index is 0.489. The summed E-state index contributed by atoms with van der Waals surface area (Å²) >= 11 is 0. The molecule has 1 unspecified atom stereocenters. The lowest BCUT2D eigenvalue weighted by atomic mass is 10.1. The second-order valence-electron chi connectivity index (χ2n) is 3.69. The van der Waals surface area contributed by atoms with Crippen molar-refractivity contribution in [3.05, 3.63) is 12.7 Å². The second-order valence-corrected chi connectivity index (χ2v) is 3.69. The molecule has 1 fully saturated rings. The van der Waals surface area contributed by atoms with Crippen LogP contribution in [0.3, 0.4) is 0 Å². The molecule has 1 saturated heterocycles. The second kappa shape index (κ2) is 6.60. The number of hydrogen-bond donors (Lipinski definition) is 1. The number of rotatable bonds is 8. The van der Waals surface area contributed by atoms with E-state index in [1.807, 2.05) is 6.08 Å². The molecule has 0 aliphatic carbocycles. The van der Waals surface area contributed by atoms with Gasteiger partial charge >= 0.3 is 0 Å². The Morgan fingerprint density at radius 1 is 1.50 bits per heavy atom. The fourth-order valence-electron chi connectivity index (χ4n) is 1.44. The molecule has 0 saturated carbocycles. The standard InChI is InChI=1S/C11H19NO2/c1-2-3-4-6-10(12-13)7-5-8-11-9-14-11/h2,11,13H,1,3-9H2. The minimum Gasteiger partial charge on any atom is -0.411 e. The van der Waals surface area contributed by atoms with Crippen LogP contribution in [0.1, 0.15) is 38.5 Å². The van der Waals surface area contributed by atoms with Gasteiger partial charge in [-0.05, 0) is 38.5 Å². The largest absolute Gasteiger partial charge is 0.411 e. The molecule has 3 nitrogen and oxygen atoms in total. The highest BCUT2D eigenvalue weighted by Crippen LogP contribution is 2.17. The highest BCUT2D eigenvalue weighted by molar-refractivity contribution is 5.83. The van der Waals surface area contributed by atoms with Crippen molar-refractivity contribution in [2.75, 3.05) is 6.61 Å². The predicted molar refractivity (Wildman–Crippen MR) is 56.9 cm³/mol. The maximum absolute atomic E-state index is 8.74. The molecule has 1 N–H and O–H groups in total. The van der Waals surface area contributed by atoms with E-state index in [2.05, 4.69) is 11.7 Å². The van der Waals surface area contributed by atoms with E-state index in [0.29, 0.717) is 6.10 Å². The van der Waals surface area contributed by atoms with Gasteiger partial charge in [-0.2, -0.15) is 0 Å². The van der Waals surface area contributed by atoms with Gasteiger partial charge in [0, 0.05) is 0 Å². The van der Waals surface area contributed by atoms with Crippen molar-refractivity contribution in [3.63, 3.8) is 0 Å². The molecule has 3 heteroatoms. The number of hydrogen-bond acceptors (Lipinski definition) is 3. The Kier molecular flexibility index (Phi) is 5.30. The van der Waals surface area contributed by atoms with Crippen LogP contribution in [0.2, 0.25) is 0 Å². The van der Waals surface area contributed by atoms with E-state index in [0.717, 1.165) is 50.8 Å². The first kappa shape index (κ1) is 11.2. The minimum absolute atomic E-state index is 0.489. The Hall–Kier alpha value is -0.830. The number of nitrogens with zero attached hydrogens (tertiary/aromatic N) is 1. The van der Waals surface area contributed by atoms with E-state index < -0.39 is 0 Å². The molecule has 0 spiro atoms. The van der Waals surface area contributed by atoms with Crippen LogP contribution in [0.15, 0.2) is 17.8 Å². The summed E-state index contributed by atoms with van der Waals surface area (Å²) in [6.45, 7) is 4.58. The van der Waals surface area contributed by atoms with Gasteiger partial charge in [0.1, 0.15) is 0 Å². The van der Waals surface area contributed by atoms with Crippen molar-refractivity contribution in [2.45, 2.75) is 44.6 Å². The average Bonchev–Trinajstić information content (AvgIpc) is 2.99. The molecule has 1 heterocycles. The molecule has 1 atom stereocenters. The molecule has 1 rings (SSSR count). The Labute approximate surface area is 85.5 Å². The van der Waals surface area contributed by atoms with Crippen LogP contribution >= 0.6 is 0 Å². The predicted octanol–water partition coefficient (Wildman–Crippen LogP) is 2.74. The van der Waals surface area contributed by atoms with E-state index in [9.17, 15) is 0 Å². The van der Waals surface area contributed by atoms with Gasteiger partial charge in [-0.15, -0.1) is 6.58 Å². The lowest BCUT2D eigenvalue weighted by molar-refractivity contribution is 0.315. The molecule has 0 aromatic carbocycles. The van der Waals surface area contributed by atoms with Crippen LogP contribution in [0.5, 0.6) is 0 Å². The Balaban J connectivity index is 2.01. The summed E-state index contributed by atoms with van der Waals surface area (Å²) in [5, 5.41) is 12.1. The van der Waals surface area contributed by atoms with Gasteiger partial charge in [-0.3, -0.25) is 0 Å². The maximum atomic E-state index is 8.74. The Morgan fingerprint density at radius 3 is 2.79 bits per heavy atom. The van der Waals surface area contributed by atoms with Crippen molar-refractivity contribution in [1.82, 2.24) is 0 Å². The first-order valence-corrected chi connectivity index (χ1v) is 5.29. The molecule has 14 heavy (non-hydrogen) atoms. The van der Waals surface area contributed by atoms with Gasteiger partial charge < -0.3 is 9.94 Å². The molecular formula is C11H19NO2. The smallest absolute Gasteiger partial charge is 0.0810 e. The summed E-state index contributed by atoms with van der Waals surface area (Å²) in [5.74, 6) is 0. The zero-order chi connectivity index (χ0) is 10.2. The normalized spacial score (nSPS) is 20.9. The molecule has 0 aromatic rings. The molecular weight excluding hydrogens is 178 g/mol. The fraction of sp³-hybridized carbons (Fsp3) is 0.727. The topological polar surface area (TPSA) is 45.1 Å².